The molecule has 1 atom stereocenters. The fourth-order valence-corrected chi connectivity index (χ4v) is 2.06. The minimum absolute atomic E-state index is 0.0159. The van der Waals surface area contributed by atoms with Crippen LogP contribution in [-0.4, -0.2) is 33.1 Å². The topological polar surface area (TPSA) is 145 Å². The van der Waals surface area contributed by atoms with Crippen LogP contribution in [0.1, 0.15) is 17.5 Å². The minimum Gasteiger partial charge on any atom is -0.481 e. The third-order valence-corrected chi connectivity index (χ3v) is 3.19. The fourth-order valence-electron chi connectivity index (χ4n) is 1.80. The molecule has 21 heavy (non-hydrogen) atoms. The maximum atomic E-state index is 10.9. The molecule has 0 aliphatic rings. The van der Waals surface area contributed by atoms with Gasteiger partial charge in [0, 0.05) is 18.9 Å². The molecule has 0 aliphatic carbocycles. The Kier molecular flexibility index (Phi) is 5.62. The average Bonchev–Trinajstić information content (AvgIpc) is 2.36. The van der Waals surface area contributed by atoms with Crippen molar-refractivity contribution in [2.24, 2.45) is 0 Å². The van der Waals surface area contributed by atoms with Gasteiger partial charge in [0.25, 0.3) is 5.69 Å². The summed E-state index contributed by atoms with van der Waals surface area (Å²) in [6.07, 6.45) is -0.155. The molecule has 0 unspecified atom stereocenters. The van der Waals surface area contributed by atoms with Gasteiger partial charge in [-0.1, -0.05) is 11.6 Å². The van der Waals surface area contributed by atoms with Crippen molar-refractivity contribution in [1.82, 2.24) is 0 Å². The highest BCUT2D eigenvalue weighted by Gasteiger charge is 2.22. The molecule has 8 nitrogen and oxygen atoms in total. The van der Waals surface area contributed by atoms with Crippen molar-refractivity contribution in [3.05, 3.63) is 38.4 Å². The first-order valence-corrected chi connectivity index (χ1v) is 6.33. The molecular formula is C12H14ClN2O6+. The molecule has 0 aromatic heterocycles. The minimum atomic E-state index is -1.12. The van der Waals surface area contributed by atoms with E-state index in [9.17, 15) is 19.7 Å². The highest BCUT2D eigenvalue weighted by Crippen LogP contribution is 2.29. The number of nitro groups is 1. The Morgan fingerprint density at radius 3 is 2.43 bits per heavy atom. The van der Waals surface area contributed by atoms with Gasteiger partial charge in [0.15, 0.2) is 6.04 Å². The van der Waals surface area contributed by atoms with E-state index in [4.69, 9.17) is 21.8 Å². The van der Waals surface area contributed by atoms with E-state index in [1.54, 1.807) is 0 Å². The zero-order valence-electron chi connectivity index (χ0n) is 10.9. The van der Waals surface area contributed by atoms with Crippen LogP contribution in [0.25, 0.3) is 0 Å². The van der Waals surface area contributed by atoms with Gasteiger partial charge in [-0.05, 0) is 23.6 Å². The second kappa shape index (κ2) is 7.00. The van der Waals surface area contributed by atoms with Crippen molar-refractivity contribution in [2.45, 2.75) is 25.3 Å². The molecule has 1 rings (SSSR count). The maximum absolute atomic E-state index is 10.9. The van der Waals surface area contributed by atoms with Crippen molar-refractivity contribution >= 4 is 29.2 Å². The van der Waals surface area contributed by atoms with E-state index in [1.807, 2.05) is 0 Å². The summed E-state index contributed by atoms with van der Waals surface area (Å²) < 4.78 is 0. The van der Waals surface area contributed by atoms with Crippen molar-refractivity contribution in [3.63, 3.8) is 0 Å². The zero-order valence-corrected chi connectivity index (χ0v) is 11.7. The van der Waals surface area contributed by atoms with E-state index in [1.165, 1.54) is 12.1 Å². The first kappa shape index (κ1) is 16.9. The molecule has 0 spiro atoms. The van der Waals surface area contributed by atoms with Crippen LogP contribution in [0.5, 0.6) is 0 Å². The number of hydrogen-bond donors (Lipinski definition) is 3. The Morgan fingerprint density at radius 1 is 1.33 bits per heavy atom. The highest BCUT2D eigenvalue weighted by atomic mass is 35.5. The SMILES string of the molecule is [NH3+][C@@H](Cc1cc(Cl)c([N+](=O)[O-])cc1CCC(=O)O)C(=O)O. The number of aliphatic carboxylic acids is 2. The number of rotatable bonds is 7. The van der Waals surface area contributed by atoms with E-state index in [-0.39, 0.29) is 30.0 Å². The van der Waals surface area contributed by atoms with Crippen molar-refractivity contribution in [3.8, 4) is 0 Å². The van der Waals surface area contributed by atoms with Gasteiger partial charge in [0.1, 0.15) is 5.02 Å². The van der Waals surface area contributed by atoms with Crippen LogP contribution in [0.4, 0.5) is 5.69 Å². The summed E-state index contributed by atoms with van der Waals surface area (Å²) in [7, 11) is 0. The van der Waals surface area contributed by atoms with Crippen LogP contribution in [0, 0.1) is 10.1 Å². The van der Waals surface area contributed by atoms with E-state index in [0.717, 1.165) is 0 Å². The third kappa shape index (κ3) is 4.69. The van der Waals surface area contributed by atoms with Gasteiger partial charge in [-0.25, -0.2) is 4.79 Å². The Balaban J connectivity index is 3.19. The second-order valence-corrected chi connectivity index (χ2v) is 4.87. The molecule has 9 heteroatoms. The lowest BCUT2D eigenvalue weighted by molar-refractivity contribution is -0.407. The summed E-state index contributed by atoms with van der Waals surface area (Å²) in [5, 5.41) is 28.3. The van der Waals surface area contributed by atoms with Crippen LogP contribution in [0.15, 0.2) is 12.1 Å². The Labute approximate surface area is 124 Å². The van der Waals surface area contributed by atoms with E-state index < -0.39 is 22.9 Å². The fraction of sp³-hybridized carbons (Fsp3) is 0.333. The van der Waals surface area contributed by atoms with E-state index in [2.05, 4.69) is 5.73 Å². The molecule has 5 N–H and O–H groups in total. The van der Waals surface area contributed by atoms with Crippen molar-refractivity contribution in [1.29, 1.82) is 0 Å². The largest absolute Gasteiger partial charge is 0.481 e. The monoisotopic (exact) mass is 317 g/mol. The Bertz CT molecular complexity index is 589. The lowest BCUT2D eigenvalue weighted by atomic mass is 9.96. The summed E-state index contributed by atoms with van der Waals surface area (Å²) in [6, 6.07) is 1.54. The quantitative estimate of drug-likeness (QED) is 0.493. The second-order valence-electron chi connectivity index (χ2n) is 4.46. The first-order valence-electron chi connectivity index (χ1n) is 5.95. The van der Waals surface area contributed by atoms with Gasteiger partial charge in [0.05, 0.1) is 4.92 Å². The van der Waals surface area contributed by atoms with Crippen LogP contribution in [0.3, 0.4) is 0 Å². The number of carboxylic acid groups (broad SMARTS) is 2. The molecule has 0 bridgehead atoms. The third-order valence-electron chi connectivity index (χ3n) is 2.89. The Morgan fingerprint density at radius 2 is 1.95 bits per heavy atom. The van der Waals surface area contributed by atoms with Gasteiger partial charge in [0.2, 0.25) is 0 Å². The summed E-state index contributed by atoms with van der Waals surface area (Å²) in [6.45, 7) is 0. The summed E-state index contributed by atoms with van der Waals surface area (Å²) >= 11 is 5.80. The molecule has 0 saturated heterocycles. The van der Waals surface area contributed by atoms with Gasteiger partial charge in [-0.2, -0.15) is 0 Å². The van der Waals surface area contributed by atoms with Crippen molar-refractivity contribution < 1.29 is 30.5 Å². The standard InChI is InChI=1S/C12H13ClN2O6/c13-8-3-7(4-9(14)12(18)19)6(1-2-11(16)17)5-10(8)15(20)21/h3,5,9H,1-2,4,14H2,(H,16,17)(H,18,19)/p+1/t9-/m0/s1. The first-order chi connectivity index (χ1) is 9.72. The lowest BCUT2D eigenvalue weighted by Gasteiger charge is -2.11. The summed E-state index contributed by atoms with van der Waals surface area (Å²) in [5.41, 5.74) is 3.97. The molecular weight excluding hydrogens is 304 g/mol. The van der Waals surface area contributed by atoms with Gasteiger partial charge in [-0.3, -0.25) is 14.9 Å². The number of benzene rings is 1. The molecule has 0 radical (unpaired) electrons. The molecule has 0 heterocycles. The molecule has 1 aromatic carbocycles. The summed E-state index contributed by atoms with van der Waals surface area (Å²) in [5.74, 6) is -2.17. The molecule has 114 valence electrons. The van der Waals surface area contributed by atoms with Crippen LogP contribution in [-0.2, 0) is 22.4 Å². The maximum Gasteiger partial charge on any atom is 0.362 e. The molecule has 0 fully saturated rings. The predicted octanol–water partition coefficient (Wildman–Crippen LogP) is 0.503. The van der Waals surface area contributed by atoms with Crippen molar-refractivity contribution in [2.75, 3.05) is 0 Å². The number of hydrogen-bond acceptors (Lipinski definition) is 4. The smallest absolute Gasteiger partial charge is 0.362 e. The average molecular weight is 318 g/mol. The number of carboxylic acids is 2. The molecule has 0 aliphatic heterocycles. The normalized spacial score (nSPS) is 11.9. The molecule has 0 amide bonds. The van der Waals surface area contributed by atoms with Crippen LogP contribution in [0.2, 0.25) is 5.02 Å². The molecule has 1 aromatic rings. The number of aryl methyl sites for hydroxylation is 1. The van der Waals surface area contributed by atoms with E-state index >= 15 is 0 Å². The van der Waals surface area contributed by atoms with Crippen LogP contribution >= 0.6 is 11.6 Å². The van der Waals surface area contributed by atoms with E-state index in [0.29, 0.717) is 11.1 Å². The number of nitro benzene ring substituents is 1. The van der Waals surface area contributed by atoms with Gasteiger partial charge >= 0.3 is 11.9 Å². The Hall–Kier alpha value is -2.19. The molecule has 0 saturated carbocycles. The number of carbonyl (C=O) groups is 2. The van der Waals surface area contributed by atoms with Crippen LogP contribution < -0.4 is 5.73 Å². The number of nitrogens with zero attached hydrogens (tertiary/aromatic N) is 1. The predicted molar refractivity (Wildman–Crippen MR) is 72.1 cm³/mol. The van der Waals surface area contributed by atoms with Gasteiger partial charge in [-0.15, -0.1) is 0 Å². The number of quaternary nitrogens is 1. The summed E-state index contributed by atoms with van der Waals surface area (Å²) in [4.78, 5) is 31.7. The zero-order chi connectivity index (χ0) is 16.2. The highest BCUT2D eigenvalue weighted by molar-refractivity contribution is 6.32. The van der Waals surface area contributed by atoms with Gasteiger partial charge < -0.3 is 15.9 Å². The lowest BCUT2D eigenvalue weighted by Crippen LogP contribution is -2.66. The number of halogens is 1.